The predicted molar refractivity (Wildman–Crippen MR) is 111 cm³/mol. The molecule has 0 bridgehead atoms. The van der Waals surface area contributed by atoms with Gasteiger partial charge in [-0.2, -0.15) is 0 Å². The third-order valence-corrected chi connectivity index (χ3v) is 4.50. The molecule has 1 saturated heterocycles. The summed E-state index contributed by atoms with van der Waals surface area (Å²) in [5, 5.41) is 21.1. The maximum absolute atomic E-state index is 5.80. The van der Waals surface area contributed by atoms with Crippen LogP contribution in [0.4, 0.5) is 5.69 Å². The van der Waals surface area contributed by atoms with Gasteiger partial charge in [0, 0.05) is 83.7 Å². The molecule has 26 heavy (non-hydrogen) atoms. The van der Waals surface area contributed by atoms with E-state index in [1.165, 1.54) is 5.56 Å². The fourth-order valence-electron chi connectivity index (χ4n) is 3.00. The molecule has 2 rings (SSSR count). The van der Waals surface area contributed by atoms with Gasteiger partial charge in [-0.25, -0.2) is 0 Å². The van der Waals surface area contributed by atoms with Crippen molar-refractivity contribution in [1.82, 2.24) is 31.9 Å². The molecule has 1 atom stereocenters. The van der Waals surface area contributed by atoms with Crippen molar-refractivity contribution < 1.29 is 0 Å². The van der Waals surface area contributed by atoms with Crippen molar-refractivity contribution in [3.63, 3.8) is 0 Å². The van der Waals surface area contributed by atoms with Crippen LogP contribution in [0.5, 0.6) is 0 Å². The minimum absolute atomic E-state index is 0.416. The van der Waals surface area contributed by atoms with Gasteiger partial charge in [-0.3, -0.25) is 0 Å². The van der Waals surface area contributed by atoms with Gasteiger partial charge in [0.15, 0.2) is 0 Å². The summed E-state index contributed by atoms with van der Waals surface area (Å²) in [6.07, 6.45) is 1.01. The Bertz CT molecular complexity index is 434. The highest BCUT2D eigenvalue weighted by atomic mass is 15.0. The minimum atomic E-state index is 0.416. The standard InChI is InChI=1S/C19H37N7/c20-18-3-1-17(2-4-18)15-19-16-25-12-11-23-8-7-21-5-6-22-9-10-24-13-14-26-19/h1-4,19,21-26H,5-16,20H2. The molecule has 8 N–H and O–H groups in total. The molecule has 7 heteroatoms. The van der Waals surface area contributed by atoms with Crippen LogP contribution in [0.1, 0.15) is 5.56 Å². The normalized spacial score (nSPS) is 23.0. The third-order valence-electron chi connectivity index (χ3n) is 4.50. The van der Waals surface area contributed by atoms with Gasteiger partial charge in [0.2, 0.25) is 0 Å². The summed E-state index contributed by atoms with van der Waals surface area (Å²) in [7, 11) is 0. The molecular formula is C19H37N7. The van der Waals surface area contributed by atoms with Crippen LogP contribution in [-0.2, 0) is 6.42 Å². The van der Waals surface area contributed by atoms with Crippen LogP contribution in [-0.4, -0.2) is 78.0 Å². The van der Waals surface area contributed by atoms with Crippen LogP contribution >= 0.6 is 0 Å². The van der Waals surface area contributed by atoms with E-state index in [4.69, 9.17) is 5.73 Å². The molecule has 1 aromatic rings. The second-order valence-electron chi connectivity index (χ2n) is 6.80. The zero-order valence-corrected chi connectivity index (χ0v) is 15.9. The fraction of sp³-hybridized carbons (Fsp3) is 0.684. The number of hydrogen-bond acceptors (Lipinski definition) is 7. The average molecular weight is 364 g/mol. The Morgan fingerprint density at radius 1 is 0.654 bits per heavy atom. The number of nitrogens with one attached hydrogen (secondary N) is 6. The lowest BCUT2D eigenvalue weighted by Gasteiger charge is -2.20. The van der Waals surface area contributed by atoms with Crippen molar-refractivity contribution in [2.24, 2.45) is 0 Å². The molecule has 0 saturated carbocycles. The molecule has 0 radical (unpaired) electrons. The summed E-state index contributed by atoms with van der Waals surface area (Å²) < 4.78 is 0. The number of nitrogens with two attached hydrogens (primary N) is 1. The summed E-state index contributed by atoms with van der Waals surface area (Å²) in [5.41, 5.74) is 7.94. The lowest BCUT2D eigenvalue weighted by Crippen LogP contribution is -2.45. The topological polar surface area (TPSA) is 98.2 Å². The predicted octanol–water partition coefficient (Wildman–Crippen LogP) is -1.27. The Hall–Kier alpha value is -1.22. The van der Waals surface area contributed by atoms with E-state index in [0.717, 1.165) is 84.1 Å². The molecule has 0 spiro atoms. The maximum Gasteiger partial charge on any atom is 0.0314 e. The molecule has 1 unspecified atom stereocenters. The Kier molecular flexibility index (Phi) is 11.3. The zero-order valence-electron chi connectivity index (χ0n) is 15.9. The fourth-order valence-corrected chi connectivity index (χ4v) is 3.00. The Morgan fingerprint density at radius 2 is 1.12 bits per heavy atom. The average Bonchev–Trinajstić information content (AvgIpc) is 2.65. The van der Waals surface area contributed by atoms with Gasteiger partial charge >= 0.3 is 0 Å². The quantitative estimate of drug-likeness (QED) is 0.329. The van der Waals surface area contributed by atoms with Gasteiger partial charge in [-0.1, -0.05) is 12.1 Å². The van der Waals surface area contributed by atoms with E-state index in [2.05, 4.69) is 44.0 Å². The smallest absolute Gasteiger partial charge is 0.0314 e. The number of nitrogen functional groups attached to an aromatic ring is 1. The summed E-state index contributed by atoms with van der Waals surface area (Å²) in [5.74, 6) is 0. The molecule has 0 aliphatic carbocycles. The van der Waals surface area contributed by atoms with Crippen LogP contribution < -0.4 is 37.6 Å². The molecule has 1 fully saturated rings. The molecule has 7 nitrogen and oxygen atoms in total. The van der Waals surface area contributed by atoms with E-state index in [0.29, 0.717) is 6.04 Å². The summed E-state index contributed by atoms with van der Waals surface area (Å²) in [4.78, 5) is 0. The van der Waals surface area contributed by atoms with Gasteiger partial charge < -0.3 is 37.6 Å². The first kappa shape index (κ1) is 21.1. The van der Waals surface area contributed by atoms with Crippen molar-refractivity contribution >= 4 is 5.69 Å². The van der Waals surface area contributed by atoms with E-state index in [-0.39, 0.29) is 0 Å². The third kappa shape index (κ3) is 10.1. The highest BCUT2D eigenvalue weighted by Gasteiger charge is 2.09. The largest absolute Gasteiger partial charge is 0.399 e. The number of rotatable bonds is 2. The first-order valence-electron chi connectivity index (χ1n) is 9.96. The van der Waals surface area contributed by atoms with Crippen LogP contribution in [0.25, 0.3) is 0 Å². The van der Waals surface area contributed by atoms with Gasteiger partial charge in [0.25, 0.3) is 0 Å². The van der Waals surface area contributed by atoms with Crippen LogP contribution in [0.3, 0.4) is 0 Å². The molecule has 1 aliphatic rings. The van der Waals surface area contributed by atoms with Crippen LogP contribution in [0, 0.1) is 0 Å². The lowest BCUT2D eigenvalue weighted by molar-refractivity contribution is 0.457. The molecule has 1 aromatic carbocycles. The molecule has 0 aromatic heterocycles. The highest BCUT2D eigenvalue weighted by Crippen LogP contribution is 2.07. The monoisotopic (exact) mass is 363 g/mol. The van der Waals surface area contributed by atoms with E-state index in [1.54, 1.807) is 0 Å². The highest BCUT2D eigenvalue weighted by molar-refractivity contribution is 5.39. The number of benzene rings is 1. The molecule has 148 valence electrons. The van der Waals surface area contributed by atoms with Crippen molar-refractivity contribution in [2.75, 3.05) is 77.7 Å². The molecule has 1 heterocycles. The van der Waals surface area contributed by atoms with Gasteiger partial charge in [0.1, 0.15) is 0 Å². The summed E-state index contributed by atoms with van der Waals surface area (Å²) >= 11 is 0. The van der Waals surface area contributed by atoms with Gasteiger partial charge in [-0.15, -0.1) is 0 Å². The number of anilines is 1. The first-order valence-corrected chi connectivity index (χ1v) is 9.96. The Labute approximate surface area is 158 Å². The molecule has 0 amide bonds. The van der Waals surface area contributed by atoms with Gasteiger partial charge in [0.05, 0.1) is 0 Å². The van der Waals surface area contributed by atoms with E-state index >= 15 is 0 Å². The van der Waals surface area contributed by atoms with Crippen molar-refractivity contribution in [1.29, 1.82) is 0 Å². The van der Waals surface area contributed by atoms with Gasteiger partial charge in [-0.05, 0) is 24.1 Å². The second-order valence-corrected chi connectivity index (χ2v) is 6.80. The maximum atomic E-state index is 5.80. The zero-order chi connectivity index (χ0) is 18.3. The Morgan fingerprint density at radius 3 is 1.65 bits per heavy atom. The summed E-state index contributed by atoms with van der Waals surface area (Å²) in [6.45, 7) is 11.0. The van der Waals surface area contributed by atoms with Crippen molar-refractivity contribution in [3.05, 3.63) is 29.8 Å². The SMILES string of the molecule is Nc1ccc(CC2CNCCNCCNCCNCCNCCN2)cc1. The second kappa shape index (κ2) is 13.9. The molecule has 1 aliphatic heterocycles. The number of hydrogen-bond donors (Lipinski definition) is 7. The van der Waals surface area contributed by atoms with Crippen molar-refractivity contribution in [2.45, 2.75) is 12.5 Å². The van der Waals surface area contributed by atoms with Crippen molar-refractivity contribution in [3.8, 4) is 0 Å². The minimum Gasteiger partial charge on any atom is -0.399 e. The molecular weight excluding hydrogens is 326 g/mol. The van der Waals surface area contributed by atoms with E-state index in [1.807, 2.05) is 12.1 Å². The van der Waals surface area contributed by atoms with E-state index in [9.17, 15) is 0 Å². The first-order chi connectivity index (χ1) is 12.8. The van der Waals surface area contributed by atoms with E-state index < -0.39 is 0 Å². The van der Waals surface area contributed by atoms with Crippen LogP contribution in [0.2, 0.25) is 0 Å². The lowest BCUT2D eigenvalue weighted by atomic mass is 10.1. The van der Waals surface area contributed by atoms with Crippen LogP contribution in [0.15, 0.2) is 24.3 Å². The summed E-state index contributed by atoms with van der Waals surface area (Å²) in [6, 6.07) is 8.63. The Balaban J connectivity index is 1.76.